The lowest BCUT2D eigenvalue weighted by Gasteiger charge is -2.13. The Labute approximate surface area is 110 Å². The third kappa shape index (κ3) is 4.79. The summed E-state index contributed by atoms with van der Waals surface area (Å²) in [5.41, 5.74) is 1.23. The van der Waals surface area contributed by atoms with E-state index in [2.05, 4.69) is 5.32 Å². The van der Waals surface area contributed by atoms with Crippen molar-refractivity contribution in [3.8, 4) is 0 Å². The molecule has 1 rings (SSSR count). The Balaban J connectivity index is 2.71. The summed E-state index contributed by atoms with van der Waals surface area (Å²) in [6.07, 6.45) is -0.465. The Morgan fingerprint density at radius 2 is 1.95 bits per heavy atom. The van der Waals surface area contributed by atoms with Crippen molar-refractivity contribution in [2.75, 3.05) is 0 Å². The number of aryl methyl sites for hydroxylation is 1. The van der Waals surface area contributed by atoms with Crippen LogP contribution in [0.3, 0.4) is 0 Å². The minimum atomic E-state index is -1.25. The van der Waals surface area contributed by atoms with Gasteiger partial charge < -0.3 is 15.5 Å². The van der Waals surface area contributed by atoms with Gasteiger partial charge in [0.1, 0.15) is 6.04 Å². The molecule has 1 aromatic carbocycles. The standard InChI is InChI=1S/C13H15NO5/c1-8-3-2-4-9(7-8)12(17)14-10(13(18)19)5-6-11(15)16/h2-4,7,10H,5-6H2,1H3,(H,14,17)(H,15,16)(H,18,19)/t10-/m0/s1. The second-order valence-electron chi connectivity index (χ2n) is 4.17. The van der Waals surface area contributed by atoms with Crippen LogP contribution in [0.25, 0.3) is 0 Å². The summed E-state index contributed by atoms with van der Waals surface area (Å²) in [4.78, 5) is 33.2. The van der Waals surface area contributed by atoms with Crippen molar-refractivity contribution in [3.63, 3.8) is 0 Å². The second kappa shape index (κ2) is 6.53. The molecule has 6 nitrogen and oxygen atoms in total. The van der Waals surface area contributed by atoms with E-state index >= 15 is 0 Å². The fourth-order valence-corrected chi connectivity index (χ4v) is 1.55. The fraction of sp³-hybridized carbons (Fsp3) is 0.308. The van der Waals surface area contributed by atoms with E-state index in [-0.39, 0.29) is 12.8 Å². The first-order valence-electron chi connectivity index (χ1n) is 5.72. The first-order valence-corrected chi connectivity index (χ1v) is 5.72. The van der Waals surface area contributed by atoms with Gasteiger partial charge in [-0.25, -0.2) is 4.79 Å². The van der Waals surface area contributed by atoms with Crippen LogP contribution in [0.1, 0.15) is 28.8 Å². The first-order chi connectivity index (χ1) is 8.90. The smallest absolute Gasteiger partial charge is 0.326 e. The summed E-state index contributed by atoms with van der Waals surface area (Å²) in [7, 11) is 0. The third-order valence-electron chi connectivity index (χ3n) is 2.53. The molecule has 0 aromatic heterocycles. The number of hydrogen-bond donors (Lipinski definition) is 3. The van der Waals surface area contributed by atoms with Crippen molar-refractivity contribution >= 4 is 17.8 Å². The summed E-state index contributed by atoms with van der Waals surface area (Å²) in [6, 6.07) is 5.50. The fourth-order valence-electron chi connectivity index (χ4n) is 1.55. The summed E-state index contributed by atoms with van der Waals surface area (Å²) < 4.78 is 0. The largest absolute Gasteiger partial charge is 0.481 e. The highest BCUT2D eigenvalue weighted by molar-refractivity contribution is 5.96. The van der Waals surface area contributed by atoms with E-state index in [4.69, 9.17) is 10.2 Å². The molecule has 102 valence electrons. The molecule has 0 heterocycles. The average molecular weight is 265 g/mol. The van der Waals surface area contributed by atoms with Gasteiger partial charge >= 0.3 is 11.9 Å². The van der Waals surface area contributed by atoms with Crippen LogP contribution in [0, 0.1) is 6.92 Å². The Morgan fingerprint density at radius 1 is 1.26 bits per heavy atom. The molecule has 0 saturated carbocycles. The van der Waals surface area contributed by atoms with Crippen molar-refractivity contribution in [3.05, 3.63) is 35.4 Å². The molecule has 0 spiro atoms. The highest BCUT2D eigenvalue weighted by Crippen LogP contribution is 2.05. The maximum Gasteiger partial charge on any atom is 0.326 e. The Hall–Kier alpha value is -2.37. The number of carbonyl (C=O) groups excluding carboxylic acids is 1. The predicted molar refractivity (Wildman–Crippen MR) is 66.9 cm³/mol. The number of aliphatic carboxylic acids is 2. The molecule has 0 aliphatic carbocycles. The zero-order chi connectivity index (χ0) is 14.4. The minimum absolute atomic E-state index is 0.151. The van der Waals surface area contributed by atoms with Crippen LogP contribution < -0.4 is 5.32 Å². The second-order valence-corrected chi connectivity index (χ2v) is 4.17. The summed E-state index contributed by atoms with van der Waals surface area (Å²) in [6.45, 7) is 1.82. The Bertz CT molecular complexity index is 498. The number of hydrogen-bond acceptors (Lipinski definition) is 3. The van der Waals surface area contributed by atoms with Crippen molar-refractivity contribution in [1.82, 2.24) is 5.32 Å². The lowest BCUT2D eigenvalue weighted by atomic mass is 10.1. The van der Waals surface area contributed by atoms with Crippen molar-refractivity contribution in [2.24, 2.45) is 0 Å². The van der Waals surface area contributed by atoms with Gasteiger partial charge in [0.25, 0.3) is 5.91 Å². The van der Waals surface area contributed by atoms with Gasteiger partial charge in [-0.3, -0.25) is 9.59 Å². The van der Waals surface area contributed by atoms with E-state index < -0.39 is 23.9 Å². The predicted octanol–water partition coefficient (Wildman–Crippen LogP) is 1.04. The van der Waals surface area contributed by atoms with Crippen LogP contribution in [0.2, 0.25) is 0 Å². The van der Waals surface area contributed by atoms with Crippen LogP contribution in [-0.2, 0) is 9.59 Å². The highest BCUT2D eigenvalue weighted by atomic mass is 16.4. The molecule has 0 aliphatic heterocycles. The van der Waals surface area contributed by atoms with Crippen molar-refractivity contribution < 1.29 is 24.6 Å². The number of carboxylic acid groups (broad SMARTS) is 2. The molecule has 1 amide bonds. The molecular weight excluding hydrogens is 250 g/mol. The molecule has 0 unspecified atom stereocenters. The molecule has 1 aromatic rings. The maximum atomic E-state index is 11.8. The van der Waals surface area contributed by atoms with Gasteiger partial charge in [0.15, 0.2) is 0 Å². The summed E-state index contributed by atoms with van der Waals surface area (Å²) in [5, 5.41) is 19.8. The number of carbonyl (C=O) groups is 3. The van der Waals surface area contributed by atoms with Crippen LogP contribution in [0.5, 0.6) is 0 Å². The average Bonchev–Trinajstić information content (AvgIpc) is 2.33. The minimum Gasteiger partial charge on any atom is -0.481 e. The number of nitrogens with one attached hydrogen (secondary N) is 1. The highest BCUT2D eigenvalue weighted by Gasteiger charge is 2.21. The lowest BCUT2D eigenvalue weighted by molar-refractivity contribution is -0.140. The number of carboxylic acids is 2. The van der Waals surface area contributed by atoms with Crippen LogP contribution in [0.4, 0.5) is 0 Å². The SMILES string of the molecule is Cc1cccc(C(=O)N[C@@H](CCC(=O)O)C(=O)O)c1. The maximum absolute atomic E-state index is 11.8. The molecule has 3 N–H and O–H groups in total. The molecule has 19 heavy (non-hydrogen) atoms. The molecule has 0 radical (unpaired) electrons. The van der Waals surface area contributed by atoms with E-state index in [1.54, 1.807) is 18.2 Å². The topological polar surface area (TPSA) is 104 Å². The summed E-state index contributed by atoms with van der Waals surface area (Å²) >= 11 is 0. The van der Waals surface area contributed by atoms with Crippen LogP contribution >= 0.6 is 0 Å². The first kappa shape index (κ1) is 14.7. The number of rotatable bonds is 6. The van der Waals surface area contributed by atoms with E-state index in [1.807, 2.05) is 13.0 Å². The van der Waals surface area contributed by atoms with Gasteiger partial charge in [-0.1, -0.05) is 17.7 Å². The van der Waals surface area contributed by atoms with Crippen molar-refractivity contribution in [1.29, 1.82) is 0 Å². The molecule has 0 fully saturated rings. The van der Waals surface area contributed by atoms with Crippen LogP contribution in [-0.4, -0.2) is 34.1 Å². The monoisotopic (exact) mass is 265 g/mol. The summed E-state index contributed by atoms with van der Waals surface area (Å²) in [5.74, 6) is -2.88. The zero-order valence-corrected chi connectivity index (χ0v) is 10.4. The van der Waals surface area contributed by atoms with E-state index in [9.17, 15) is 14.4 Å². The van der Waals surface area contributed by atoms with Crippen LogP contribution in [0.15, 0.2) is 24.3 Å². The van der Waals surface area contributed by atoms with Crippen molar-refractivity contribution in [2.45, 2.75) is 25.8 Å². The molecule has 6 heteroatoms. The zero-order valence-electron chi connectivity index (χ0n) is 10.4. The van der Waals surface area contributed by atoms with Gasteiger partial charge in [0.2, 0.25) is 0 Å². The molecule has 1 atom stereocenters. The van der Waals surface area contributed by atoms with Gasteiger partial charge in [-0.2, -0.15) is 0 Å². The quantitative estimate of drug-likeness (QED) is 0.713. The Morgan fingerprint density at radius 3 is 2.47 bits per heavy atom. The van der Waals surface area contributed by atoms with E-state index in [1.165, 1.54) is 0 Å². The third-order valence-corrected chi connectivity index (χ3v) is 2.53. The normalized spacial score (nSPS) is 11.6. The molecular formula is C13H15NO5. The Kier molecular flexibility index (Phi) is 5.05. The molecule has 0 aliphatic rings. The van der Waals surface area contributed by atoms with E-state index in [0.717, 1.165) is 5.56 Å². The van der Waals surface area contributed by atoms with Gasteiger partial charge in [0, 0.05) is 12.0 Å². The van der Waals surface area contributed by atoms with E-state index in [0.29, 0.717) is 5.56 Å². The number of benzene rings is 1. The molecule has 0 saturated heterocycles. The molecule has 0 bridgehead atoms. The van der Waals surface area contributed by atoms with Gasteiger partial charge in [-0.05, 0) is 25.5 Å². The number of amides is 1. The van der Waals surface area contributed by atoms with Gasteiger partial charge in [-0.15, -0.1) is 0 Å². The lowest BCUT2D eigenvalue weighted by Crippen LogP contribution is -2.41. The van der Waals surface area contributed by atoms with Gasteiger partial charge in [0.05, 0.1) is 0 Å².